The van der Waals surface area contributed by atoms with E-state index in [-0.39, 0.29) is 0 Å². The highest BCUT2D eigenvalue weighted by atomic mass is 15.5. The molecule has 3 aromatic heterocycles. The van der Waals surface area contributed by atoms with Gasteiger partial charge in [0, 0.05) is 30.7 Å². The standard InChI is InChI=1S/C20H22N8/c1-26(2)16-7-9-27(13-16)18-11-22-19-20(23-18)28(25-24-19)12-14-5-6-17-15(10-14)4-3-8-21-17/h3-6,8,10-11,16H,7,9,12-13H2,1-2H3/t16-/m1/s1. The van der Waals surface area contributed by atoms with Crippen LogP contribution in [0.5, 0.6) is 0 Å². The Kier molecular flexibility index (Phi) is 4.12. The number of likely N-dealkylation sites (N-methyl/N-ethyl adjacent to an activating group) is 1. The molecule has 1 aliphatic heterocycles. The van der Waals surface area contributed by atoms with Gasteiger partial charge in [-0.3, -0.25) is 4.98 Å². The fraction of sp³-hybridized carbons (Fsp3) is 0.350. The van der Waals surface area contributed by atoms with Crippen molar-refractivity contribution in [1.82, 2.24) is 34.8 Å². The molecule has 142 valence electrons. The van der Waals surface area contributed by atoms with E-state index in [2.05, 4.69) is 62.4 Å². The van der Waals surface area contributed by atoms with Crippen LogP contribution in [0, 0.1) is 0 Å². The van der Waals surface area contributed by atoms with Crippen LogP contribution in [-0.4, -0.2) is 68.1 Å². The van der Waals surface area contributed by atoms with E-state index in [4.69, 9.17) is 4.98 Å². The minimum Gasteiger partial charge on any atom is -0.354 e. The molecule has 0 radical (unpaired) electrons. The summed E-state index contributed by atoms with van der Waals surface area (Å²) in [5, 5.41) is 9.58. The van der Waals surface area contributed by atoms with Gasteiger partial charge in [-0.2, -0.15) is 0 Å². The molecule has 0 unspecified atom stereocenters. The van der Waals surface area contributed by atoms with Crippen molar-refractivity contribution in [3.8, 4) is 0 Å². The van der Waals surface area contributed by atoms with Gasteiger partial charge in [0.2, 0.25) is 5.65 Å². The van der Waals surface area contributed by atoms with Gasteiger partial charge in [-0.1, -0.05) is 17.3 Å². The number of hydrogen-bond donors (Lipinski definition) is 0. The molecule has 1 saturated heterocycles. The Morgan fingerprint density at radius 1 is 1.18 bits per heavy atom. The van der Waals surface area contributed by atoms with E-state index in [9.17, 15) is 0 Å². The number of aromatic nitrogens is 6. The fourth-order valence-electron chi connectivity index (χ4n) is 3.77. The summed E-state index contributed by atoms with van der Waals surface area (Å²) in [7, 11) is 4.25. The number of hydrogen-bond acceptors (Lipinski definition) is 7. The normalized spacial score (nSPS) is 17.2. The third kappa shape index (κ3) is 3.05. The molecule has 8 nitrogen and oxygen atoms in total. The Hall–Kier alpha value is -3.13. The molecular formula is C20H22N8. The Labute approximate surface area is 162 Å². The van der Waals surface area contributed by atoms with E-state index >= 15 is 0 Å². The van der Waals surface area contributed by atoms with Gasteiger partial charge in [-0.25, -0.2) is 14.6 Å². The first-order chi connectivity index (χ1) is 13.7. The smallest absolute Gasteiger partial charge is 0.221 e. The lowest BCUT2D eigenvalue weighted by molar-refractivity contribution is 0.315. The van der Waals surface area contributed by atoms with Gasteiger partial charge < -0.3 is 9.80 Å². The van der Waals surface area contributed by atoms with Crippen molar-refractivity contribution >= 4 is 28.0 Å². The van der Waals surface area contributed by atoms with E-state index in [1.807, 2.05) is 23.0 Å². The lowest BCUT2D eigenvalue weighted by Gasteiger charge is -2.20. The molecule has 0 amide bonds. The molecule has 0 aliphatic carbocycles. The van der Waals surface area contributed by atoms with Gasteiger partial charge in [0.25, 0.3) is 0 Å². The SMILES string of the molecule is CN(C)[C@@H]1CCN(c2cnc3nnn(Cc4ccc5ncccc5c4)c3n2)C1. The molecular weight excluding hydrogens is 352 g/mol. The molecule has 0 bridgehead atoms. The Bertz CT molecular complexity index is 1140. The zero-order valence-electron chi connectivity index (χ0n) is 16.0. The molecule has 0 saturated carbocycles. The first-order valence-electron chi connectivity index (χ1n) is 9.49. The van der Waals surface area contributed by atoms with Crippen molar-refractivity contribution in [2.75, 3.05) is 32.1 Å². The Morgan fingerprint density at radius 2 is 2.11 bits per heavy atom. The topological polar surface area (TPSA) is 75.9 Å². The third-order valence-corrected chi connectivity index (χ3v) is 5.43. The van der Waals surface area contributed by atoms with Gasteiger partial charge in [-0.15, -0.1) is 5.10 Å². The molecule has 0 N–H and O–H groups in total. The molecule has 0 spiro atoms. The van der Waals surface area contributed by atoms with E-state index in [0.29, 0.717) is 18.2 Å². The average Bonchev–Trinajstić information content (AvgIpc) is 3.35. The number of anilines is 1. The number of nitrogens with zero attached hydrogens (tertiary/aromatic N) is 8. The maximum Gasteiger partial charge on any atom is 0.221 e. The van der Waals surface area contributed by atoms with Gasteiger partial charge in [-0.05, 0) is 44.3 Å². The summed E-state index contributed by atoms with van der Waals surface area (Å²) in [5.41, 5.74) is 3.42. The largest absolute Gasteiger partial charge is 0.354 e. The summed E-state index contributed by atoms with van der Waals surface area (Å²) in [5.74, 6) is 0.892. The lowest BCUT2D eigenvalue weighted by Crippen LogP contribution is -2.31. The van der Waals surface area contributed by atoms with Crippen molar-refractivity contribution in [1.29, 1.82) is 0 Å². The third-order valence-electron chi connectivity index (χ3n) is 5.43. The van der Waals surface area contributed by atoms with Crippen LogP contribution >= 0.6 is 0 Å². The van der Waals surface area contributed by atoms with E-state index in [1.165, 1.54) is 0 Å². The van der Waals surface area contributed by atoms with E-state index < -0.39 is 0 Å². The molecule has 5 rings (SSSR count). The minimum atomic E-state index is 0.548. The minimum absolute atomic E-state index is 0.548. The summed E-state index contributed by atoms with van der Waals surface area (Å²) < 4.78 is 1.82. The van der Waals surface area contributed by atoms with Gasteiger partial charge in [0.05, 0.1) is 18.3 Å². The summed E-state index contributed by atoms with van der Waals surface area (Å²) in [4.78, 5) is 18.3. The van der Waals surface area contributed by atoms with Crippen LogP contribution in [0.2, 0.25) is 0 Å². The maximum atomic E-state index is 4.84. The average molecular weight is 374 g/mol. The molecule has 28 heavy (non-hydrogen) atoms. The molecule has 8 heteroatoms. The van der Waals surface area contributed by atoms with Crippen molar-refractivity contribution in [2.24, 2.45) is 0 Å². The second kappa shape index (κ2) is 6.79. The number of benzene rings is 1. The van der Waals surface area contributed by atoms with Crippen LogP contribution in [0.4, 0.5) is 5.82 Å². The summed E-state index contributed by atoms with van der Waals surface area (Å²) >= 11 is 0. The Balaban J connectivity index is 1.44. The maximum absolute atomic E-state index is 4.84. The first kappa shape index (κ1) is 17.0. The van der Waals surface area contributed by atoms with Crippen LogP contribution in [0.25, 0.3) is 22.2 Å². The molecule has 1 aliphatic rings. The van der Waals surface area contributed by atoms with Crippen molar-refractivity contribution < 1.29 is 0 Å². The summed E-state index contributed by atoms with van der Waals surface area (Å²) in [6.07, 6.45) is 4.75. The number of pyridine rings is 1. The molecule has 4 aromatic rings. The van der Waals surface area contributed by atoms with Crippen LogP contribution < -0.4 is 4.90 Å². The second-order valence-electron chi connectivity index (χ2n) is 7.51. The van der Waals surface area contributed by atoms with Gasteiger partial charge >= 0.3 is 0 Å². The van der Waals surface area contributed by atoms with E-state index in [0.717, 1.165) is 47.4 Å². The number of fused-ring (bicyclic) bond motifs is 2. The summed E-state index contributed by atoms with van der Waals surface area (Å²) in [6.45, 7) is 2.55. The van der Waals surface area contributed by atoms with Crippen molar-refractivity contribution in [2.45, 2.75) is 19.0 Å². The molecule has 1 aromatic carbocycles. The predicted octanol–water partition coefficient (Wildman–Crippen LogP) is 1.96. The van der Waals surface area contributed by atoms with Gasteiger partial charge in [0.15, 0.2) is 5.65 Å². The van der Waals surface area contributed by atoms with Crippen LogP contribution in [-0.2, 0) is 6.54 Å². The van der Waals surface area contributed by atoms with Gasteiger partial charge in [0.1, 0.15) is 5.82 Å². The van der Waals surface area contributed by atoms with Crippen LogP contribution in [0.15, 0.2) is 42.7 Å². The number of rotatable bonds is 4. The quantitative estimate of drug-likeness (QED) is 0.540. The first-order valence-corrected chi connectivity index (χ1v) is 9.49. The van der Waals surface area contributed by atoms with Crippen molar-refractivity contribution in [3.05, 3.63) is 48.3 Å². The Morgan fingerprint density at radius 3 is 2.96 bits per heavy atom. The highest BCUT2D eigenvalue weighted by Gasteiger charge is 2.25. The van der Waals surface area contributed by atoms with Crippen LogP contribution in [0.3, 0.4) is 0 Å². The van der Waals surface area contributed by atoms with Crippen LogP contribution in [0.1, 0.15) is 12.0 Å². The second-order valence-corrected chi connectivity index (χ2v) is 7.51. The highest BCUT2D eigenvalue weighted by molar-refractivity contribution is 5.79. The fourth-order valence-corrected chi connectivity index (χ4v) is 3.77. The molecule has 1 atom stereocenters. The predicted molar refractivity (Wildman–Crippen MR) is 108 cm³/mol. The van der Waals surface area contributed by atoms with Crippen molar-refractivity contribution in [3.63, 3.8) is 0 Å². The summed E-state index contributed by atoms with van der Waals surface area (Å²) in [6, 6.07) is 10.8. The monoisotopic (exact) mass is 374 g/mol. The lowest BCUT2D eigenvalue weighted by atomic mass is 10.1. The zero-order chi connectivity index (χ0) is 19.1. The zero-order valence-corrected chi connectivity index (χ0v) is 16.0. The molecule has 1 fully saturated rings. The highest BCUT2D eigenvalue weighted by Crippen LogP contribution is 2.22. The molecule has 4 heterocycles. The van der Waals surface area contributed by atoms with E-state index in [1.54, 1.807) is 6.20 Å².